The molecule has 2 aromatic rings. The fourth-order valence-corrected chi connectivity index (χ4v) is 3.67. The van der Waals surface area contributed by atoms with E-state index in [4.69, 9.17) is 9.47 Å². The molecule has 0 aliphatic carbocycles. The van der Waals surface area contributed by atoms with Gasteiger partial charge in [0.05, 0.1) is 17.8 Å². The molecule has 1 aliphatic heterocycles. The molecule has 1 aliphatic rings. The molecule has 0 saturated carbocycles. The minimum Gasteiger partial charge on any atom is -0.497 e. The Morgan fingerprint density at radius 3 is 2.57 bits per heavy atom. The van der Waals surface area contributed by atoms with Gasteiger partial charge in [0.2, 0.25) is 11.8 Å². The van der Waals surface area contributed by atoms with E-state index < -0.39 is 6.09 Å². The van der Waals surface area contributed by atoms with Crippen LogP contribution in [0.15, 0.2) is 30.5 Å². The average molecular weight is 526 g/mol. The number of carbonyl (C=O) groups excluding carboxylic acids is 1. The largest absolute Gasteiger partial charge is 0.497 e. The molecule has 1 amide bonds. The molecule has 9 heteroatoms. The minimum absolute atomic E-state index is 0.0294. The van der Waals surface area contributed by atoms with Gasteiger partial charge in [0, 0.05) is 25.8 Å². The van der Waals surface area contributed by atoms with Crippen LogP contribution in [0, 0.1) is 8.99 Å². The SMILES string of the molecule is COC(=O)NCC1(C)CCN(c2ncc(I)c(OCc3ccc(OC)cc3)n2)CC1. The maximum atomic E-state index is 11.4. The zero-order chi connectivity index (χ0) is 21.6. The first-order valence-corrected chi connectivity index (χ1v) is 10.9. The van der Waals surface area contributed by atoms with Crippen molar-refractivity contribution in [3.8, 4) is 11.6 Å². The normalized spacial score (nSPS) is 15.4. The van der Waals surface area contributed by atoms with Gasteiger partial charge in [-0.05, 0) is 58.5 Å². The first-order chi connectivity index (χ1) is 14.4. The molecule has 1 fully saturated rings. The number of rotatable bonds is 7. The molecule has 1 saturated heterocycles. The van der Waals surface area contributed by atoms with Crippen LogP contribution in [0.4, 0.5) is 10.7 Å². The van der Waals surface area contributed by atoms with Gasteiger partial charge in [-0.1, -0.05) is 19.1 Å². The number of amides is 1. The summed E-state index contributed by atoms with van der Waals surface area (Å²) in [6, 6.07) is 7.77. The number of nitrogens with one attached hydrogen (secondary N) is 1. The van der Waals surface area contributed by atoms with E-state index in [1.165, 1.54) is 7.11 Å². The van der Waals surface area contributed by atoms with Crippen LogP contribution in [0.2, 0.25) is 0 Å². The number of hydrogen-bond acceptors (Lipinski definition) is 7. The molecule has 1 aromatic carbocycles. The summed E-state index contributed by atoms with van der Waals surface area (Å²) in [6.07, 6.45) is 3.25. The second-order valence-electron chi connectivity index (χ2n) is 7.60. The summed E-state index contributed by atoms with van der Waals surface area (Å²) in [7, 11) is 3.03. The second kappa shape index (κ2) is 10.1. The predicted molar refractivity (Wildman–Crippen MR) is 122 cm³/mol. The third-order valence-corrected chi connectivity index (χ3v) is 6.07. The van der Waals surface area contributed by atoms with Crippen LogP contribution in [-0.2, 0) is 11.3 Å². The van der Waals surface area contributed by atoms with E-state index in [2.05, 4.69) is 54.4 Å². The van der Waals surface area contributed by atoms with E-state index in [-0.39, 0.29) is 5.41 Å². The number of methoxy groups -OCH3 is 2. The quantitative estimate of drug-likeness (QED) is 0.552. The molecule has 30 heavy (non-hydrogen) atoms. The molecule has 0 radical (unpaired) electrons. The number of ether oxygens (including phenoxy) is 3. The number of benzene rings is 1. The van der Waals surface area contributed by atoms with Gasteiger partial charge in [0.1, 0.15) is 12.4 Å². The summed E-state index contributed by atoms with van der Waals surface area (Å²) in [6.45, 7) is 4.83. The van der Waals surface area contributed by atoms with Crippen LogP contribution < -0.4 is 19.7 Å². The van der Waals surface area contributed by atoms with Crippen LogP contribution >= 0.6 is 22.6 Å². The minimum atomic E-state index is -0.390. The maximum Gasteiger partial charge on any atom is 0.406 e. The van der Waals surface area contributed by atoms with Gasteiger partial charge in [-0.3, -0.25) is 0 Å². The fourth-order valence-electron chi connectivity index (χ4n) is 3.25. The number of nitrogens with zero attached hydrogens (tertiary/aromatic N) is 3. The van der Waals surface area contributed by atoms with Crippen molar-refractivity contribution in [1.29, 1.82) is 0 Å². The summed E-state index contributed by atoms with van der Waals surface area (Å²) < 4.78 is 16.7. The highest BCUT2D eigenvalue weighted by molar-refractivity contribution is 14.1. The summed E-state index contributed by atoms with van der Waals surface area (Å²) in [4.78, 5) is 22.7. The smallest absolute Gasteiger partial charge is 0.406 e. The Balaban J connectivity index is 1.59. The molecule has 0 atom stereocenters. The van der Waals surface area contributed by atoms with Gasteiger partial charge in [-0.15, -0.1) is 0 Å². The Morgan fingerprint density at radius 1 is 1.23 bits per heavy atom. The van der Waals surface area contributed by atoms with Crippen molar-refractivity contribution in [3.63, 3.8) is 0 Å². The van der Waals surface area contributed by atoms with Crippen LogP contribution in [0.25, 0.3) is 0 Å². The molecule has 1 aromatic heterocycles. The van der Waals surface area contributed by atoms with E-state index >= 15 is 0 Å². The van der Waals surface area contributed by atoms with Gasteiger partial charge < -0.3 is 24.4 Å². The third-order valence-electron chi connectivity index (χ3n) is 5.33. The van der Waals surface area contributed by atoms with Crippen molar-refractivity contribution in [2.45, 2.75) is 26.4 Å². The summed E-state index contributed by atoms with van der Waals surface area (Å²) in [5.74, 6) is 2.07. The van der Waals surface area contributed by atoms with Crippen LogP contribution in [0.5, 0.6) is 11.6 Å². The fraction of sp³-hybridized carbons (Fsp3) is 0.476. The number of halogens is 1. The Kier molecular flexibility index (Phi) is 7.57. The first-order valence-electron chi connectivity index (χ1n) is 9.77. The third kappa shape index (κ3) is 5.87. The first kappa shape index (κ1) is 22.4. The standard InChI is InChI=1S/C21H27IN4O4/c1-21(14-24-20(27)29-3)8-10-26(11-9-21)19-23-12-17(22)18(25-19)30-13-15-4-6-16(28-2)7-5-15/h4-7,12H,8-11,13-14H2,1-3H3,(H,24,27). The van der Waals surface area contributed by atoms with Gasteiger partial charge >= 0.3 is 6.09 Å². The maximum absolute atomic E-state index is 11.4. The molecule has 2 heterocycles. The van der Waals surface area contributed by atoms with Crippen molar-refractivity contribution < 1.29 is 19.0 Å². The Hall–Kier alpha value is -2.30. The van der Waals surface area contributed by atoms with Gasteiger partial charge in [0.25, 0.3) is 0 Å². The lowest BCUT2D eigenvalue weighted by atomic mass is 9.80. The van der Waals surface area contributed by atoms with Crippen molar-refractivity contribution in [2.24, 2.45) is 5.41 Å². The predicted octanol–water partition coefficient (Wildman–Crippen LogP) is 3.63. The molecular formula is C21H27IN4O4. The second-order valence-corrected chi connectivity index (χ2v) is 8.76. The lowest BCUT2D eigenvalue weighted by Gasteiger charge is -2.39. The van der Waals surface area contributed by atoms with E-state index in [1.54, 1.807) is 13.3 Å². The number of carbonyl (C=O) groups is 1. The molecule has 162 valence electrons. The topological polar surface area (TPSA) is 85.8 Å². The summed E-state index contributed by atoms with van der Waals surface area (Å²) in [5, 5.41) is 2.81. The number of anilines is 1. The van der Waals surface area contributed by atoms with Gasteiger partial charge in [-0.2, -0.15) is 4.98 Å². The van der Waals surface area contributed by atoms with Gasteiger partial charge in [0.15, 0.2) is 0 Å². The van der Waals surface area contributed by atoms with E-state index in [0.29, 0.717) is 25.0 Å². The monoisotopic (exact) mass is 526 g/mol. The molecule has 0 spiro atoms. The zero-order valence-corrected chi connectivity index (χ0v) is 19.6. The lowest BCUT2D eigenvalue weighted by molar-refractivity contribution is 0.158. The summed E-state index contributed by atoms with van der Waals surface area (Å²) in [5.41, 5.74) is 1.07. The van der Waals surface area contributed by atoms with Gasteiger partial charge in [-0.25, -0.2) is 9.78 Å². The summed E-state index contributed by atoms with van der Waals surface area (Å²) >= 11 is 2.19. The molecular weight excluding hydrogens is 499 g/mol. The number of aromatic nitrogens is 2. The molecule has 0 unspecified atom stereocenters. The molecule has 8 nitrogen and oxygen atoms in total. The molecule has 3 rings (SSSR count). The Labute approximate surface area is 190 Å². The van der Waals surface area contributed by atoms with Crippen LogP contribution in [-0.4, -0.2) is 49.9 Å². The Bertz CT molecular complexity index is 855. The number of hydrogen-bond donors (Lipinski definition) is 1. The highest BCUT2D eigenvalue weighted by atomic mass is 127. The lowest BCUT2D eigenvalue weighted by Crippen LogP contribution is -2.45. The highest BCUT2D eigenvalue weighted by Crippen LogP contribution is 2.32. The van der Waals surface area contributed by atoms with Crippen molar-refractivity contribution >= 4 is 34.6 Å². The van der Waals surface area contributed by atoms with Crippen LogP contribution in [0.3, 0.4) is 0 Å². The highest BCUT2D eigenvalue weighted by Gasteiger charge is 2.31. The number of piperidine rings is 1. The van der Waals surface area contributed by atoms with E-state index in [1.807, 2.05) is 24.3 Å². The van der Waals surface area contributed by atoms with E-state index in [0.717, 1.165) is 40.8 Å². The van der Waals surface area contributed by atoms with Crippen LogP contribution in [0.1, 0.15) is 25.3 Å². The zero-order valence-electron chi connectivity index (χ0n) is 17.5. The Morgan fingerprint density at radius 2 is 1.93 bits per heavy atom. The number of alkyl carbamates (subject to hydrolysis) is 1. The average Bonchev–Trinajstić information content (AvgIpc) is 2.78. The van der Waals surface area contributed by atoms with Crippen molar-refractivity contribution in [1.82, 2.24) is 15.3 Å². The van der Waals surface area contributed by atoms with E-state index in [9.17, 15) is 4.79 Å². The van der Waals surface area contributed by atoms with Crippen molar-refractivity contribution in [2.75, 3.05) is 38.8 Å². The molecule has 1 N–H and O–H groups in total. The van der Waals surface area contributed by atoms with Crippen molar-refractivity contribution in [3.05, 3.63) is 39.6 Å². The molecule has 0 bridgehead atoms.